The fourth-order valence-corrected chi connectivity index (χ4v) is 3.06. The highest BCUT2D eigenvalue weighted by atomic mass is 19.1. The maximum atomic E-state index is 14.5. The predicted octanol–water partition coefficient (Wildman–Crippen LogP) is 3.26. The van der Waals surface area contributed by atoms with Crippen molar-refractivity contribution in [2.75, 3.05) is 0 Å². The molecule has 0 fully saturated rings. The molecule has 1 radical (unpaired) electrons. The number of rotatable bonds is 2. The third-order valence-corrected chi connectivity index (χ3v) is 4.20. The number of fused-ring (bicyclic) bond motifs is 3. The van der Waals surface area contributed by atoms with Crippen LogP contribution in [0.2, 0.25) is 0 Å². The molecule has 0 bridgehead atoms. The molecular weight excluding hydrogens is 333 g/mol. The molecule has 0 amide bonds. The summed E-state index contributed by atoms with van der Waals surface area (Å²) < 4.78 is 16.2. The normalized spacial score (nSPS) is 14.5. The van der Waals surface area contributed by atoms with Crippen LogP contribution < -0.4 is 0 Å². The number of nitrogens with zero attached hydrogens (tertiary/aromatic N) is 5. The average Bonchev–Trinajstić information content (AvgIpc) is 3.01. The van der Waals surface area contributed by atoms with Gasteiger partial charge in [-0.3, -0.25) is 9.56 Å². The molecule has 0 aliphatic carbocycles. The number of isocyanates is 1. The maximum absolute atomic E-state index is 14.5. The number of carbonyl (C=O) groups excluding carboxylic acids is 1. The standard InChI is InChI=1S/C19H13FN5O/c1-19(2)17-23-24-18(21-11-26)25(17)15-10-6-4-8-13(15)16(22-19)12-7-3-5-9-14(12)20/h3,5-10H,1-2H3. The summed E-state index contributed by atoms with van der Waals surface area (Å²) in [6, 6.07) is 14.7. The van der Waals surface area contributed by atoms with E-state index < -0.39 is 5.54 Å². The second-order valence-electron chi connectivity index (χ2n) is 6.30. The minimum atomic E-state index is -0.833. The molecule has 2 heterocycles. The molecule has 2 aromatic carbocycles. The van der Waals surface area contributed by atoms with Crippen molar-refractivity contribution in [2.24, 2.45) is 9.98 Å². The van der Waals surface area contributed by atoms with Gasteiger partial charge in [0.2, 0.25) is 6.08 Å². The molecule has 1 aliphatic rings. The molecule has 26 heavy (non-hydrogen) atoms. The van der Waals surface area contributed by atoms with Gasteiger partial charge in [0.15, 0.2) is 5.82 Å². The molecule has 0 unspecified atom stereocenters. The Kier molecular flexibility index (Phi) is 3.60. The summed E-state index contributed by atoms with van der Waals surface area (Å²) in [6.07, 6.45) is 1.50. The van der Waals surface area contributed by atoms with E-state index in [1.807, 2.05) is 13.8 Å². The van der Waals surface area contributed by atoms with E-state index in [1.54, 1.807) is 41.0 Å². The Morgan fingerprint density at radius 1 is 1.19 bits per heavy atom. The highest BCUT2D eigenvalue weighted by Gasteiger charge is 2.34. The zero-order valence-electron chi connectivity index (χ0n) is 14.1. The molecule has 4 rings (SSSR count). The van der Waals surface area contributed by atoms with Crippen molar-refractivity contribution in [1.82, 2.24) is 14.8 Å². The maximum Gasteiger partial charge on any atom is 0.266 e. The van der Waals surface area contributed by atoms with E-state index in [-0.39, 0.29) is 11.8 Å². The third-order valence-electron chi connectivity index (χ3n) is 4.20. The number of hydrogen-bond donors (Lipinski definition) is 0. The van der Waals surface area contributed by atoms with Crippen molar-refractivity contribution >= 4 is 17.7 Å². The van der Waals surface area contributed by atoms with Gasteiger partial charge >= 0.3 is 0 Å². The largest absolute Gasteiger partial charge is 0.270 e. The van der Waals surface area contributed by atoms with Gasteiger partial charge in [0.1, 0.15) is 11.4 Å². The summed E-state index contributed by atoms with van der Waals surface area (Å²) in [5.74, 6) is 0.214. The van der Waals surface area contributed by atoms with E-state index in [0.717, 1.165) is 0 Å². The van der Waals surface area contributed by atoms with Gasteiger partial charge in [0.25, 0.3) is 5.95 Å². The lowest BCUT2D eigenvalue weighted by Crippen LogP contribution is -2.20. The Bertz CT molecular complexity index is 1090. The van der Waals surface area contributed by atoms with Crippen LogP contribution in [0.1, 0.15) is 30.8 Å². The number of aromatic nitrogens is 3. The van der Waals surface area contributed by atoms with Crippen molar-refractivity contribution in [3.05, 3.63) is 71.3 Å². The van der Waals surface area contributed by atoms with Gasteiger partial charge in [0.05, 0.1) is 11.4 Å². The van der Waals surface area contributed by atoms with Gasteiger partial charge in [0, 0.05) is 11.1 Å². The van der Waals surface area contributed by atoms with E-state index in [0.29, 0.717) is 28.4 Å². The fourth-order valence-electron chi connectivity index (χ4n) is 3.06. The lowest BCUT2D eigenvalue weighted by atomic mass is 9.99. The molecule has 0 spiro atoms. The lowest BCUT2D eigenvalue weighted by molar-refractivity contribution is 0.510. The summed E-state index contributed by atoms with van der Waals surface area (Å²) in [6.45, 7) is 3.69. The Labute approximate surface area is 148 Å². The van der Waals surface area contributed by atoms with Crippen molar-refractivity contribution in [1.29, 1.82) is 0 Å². The van der Waals surface area contributed by atoms with Crippen LogP contribution in [0, 0.1) is 11.9 Å². The molecule has 127 valence electrons. The van der Waals surface area contributed by atoms with Crippen LogP contribution >= 0.6 is 0 Å². The molecule has 0 saturated carbocycles. The van der Waals surface area contributed by atoms with Crippen LogP contribution in [-0.2, 0) is 10.3 Å². The van der Waals surface area contributed by atoms with E-state index >= 15 is 0 Å². The molecule has 7 heteroatoms. The van der Waals surface area contributed by atoms with Crippen LogP contribution in [0.3, 0.4) is 0 Å². The fraction of sp³-hybridized carbons (Fsp3) is 0.158. The minimum Gasteiger partial charge on any atom is -0.270 e. The first-order valence-electron chi connectivity index (χ1n) is 7.92. The summed E-state index contributed by atoms with van der Waals surface area (Å²) in [5.41, 5.74) is 1.31. The van der Waals surface area contributed by atoms with Crippen LogP contribution in [0.5, 0.6) is 0 Å². The molecule has 1 aromatic heterocycles. The monoisotopic (exact) mass is 346 g/mol. The van der Waals surface area contributed by atoms with Crippen molar-refractivity contribution in [3.63, 3.8) is 0 Å². The first-order chi connectivity index (χ1) is 12.5. The highest BCUT2D eigenvalue weighted by Crippen LogP contribution is 2.36. The van der Waals surface area contributed by atoms with E-state index in [9.17, 15) is 9.18 Å². The van der Waals surface area contributed by atoms with Gasteiger partial charge in [-0.25, -0.2) is 9.18 Å². The van der Waals surface area contributed by atoms with Crippen LogP contribution in [-0.4, -0.2) is 26.6 Å². The summed E-state index contributed by atoms with van der Waals surface area (Å²) in [5, 5.41) is 8.14. The molecule has 1 aliphatic heterocycles. The van der Waals surface area contributed by atoms with Crippen molar-refractivity contribution in [2.45, 2.75) is 19.4 Å². The average molecular weight is 346 g/mol. The van der Waals surface area contributed by atoms with Crippen molar-refractivity contribution in [3.8, 4) is 5.69 Å². The first kappa shape index (κ1) is 16.1. The van der Waals surface area contributed by atoms with Gasteiger partial charge in [-0.05, 0) is 44.2 Å². The molecular formula is C19H13FN5O. The molecule has 3 aromatic rings. The number of halogens is 1. The predicted molar refractivity (Wildman–Crippen MR) is 93.0 cm³/mol. The second kappa shape index (κ2) is 5.82. The Balaban J connectivity index is 2.10. The topological polar surface area (TPSA) is 72.5 Å². The second-order valence-corrected chi connectivity index (χ2v) is 6.30. The SMILES string of the molecule is CC1(C)N=C(c2ccccc2F)c2c[c]ccc2-n2c(N=C=O)nnc21. The van der Waals surface area contributed by atoms with Crippen LogP contribution in [0.25, 0.3) is 5.69 Å². The molecule has 0 saturated heterocycles. The van der Waals surface area contributed by atoms with Gasteiger partial charge in [-0.15, -0.1) is 15.2 Å². The lowest BCUT2D eigenvalue weighted by Gasteiger charge is -2.18. The van der Waals surface area contributed by atoms with Gasteiger partial charge in [-0.2, -0.15) is 0 Å². The van der Waals surface area contributed by atoms with E-state index in [1.165, 1.54) is 12.1 Å². The Morgan fingerprint density at radius 3 is 2.77 bits per heavy atom. The van der Waals surface area contributed by atoms with Crippen LogP contribution in [0.4, 0.5) is 10.3 Å². The third kappa shape index (κ3) is 2.37. The number of benzene rings is 2. The summed E-state index contributed by atoms with van der Waals surface area (Å²) in [7, 11) is 0. The van der Waals surface area contributed by atoms with E-state index in [2.05, 4.69) is 21.3 Å². The van der Waals surface area contributed by atoms with Gasteiger partial charge < -0.3 is 0 Å². The number of aliphatic imine (C=N–C) groups is 2. The Morgan fingerprint density at radius 2 is 2.00 bits per heavy atom. The number of hydrogen-bond acceptors (Lipinski definition) is 5. The summed E-state index contributed by atoms with van der Waals surface area (Å²) >= 11 is 0. The zero-order valence-corrected chi connectivity index (χ0v) is 14.1. The van der Waals surface area contributed by atoms with Crippen LogP contribution in [0.15, 0.2) is 52.4 Å². The van der Waals surface area contributed by atoms with Crippen molar-refractivity contribution < 1.29 is 9.18 Å². The minimum absolute atomic E-state index is 0.0977. The quantitative estimate of drug-likeness (QED) is 0.528. The highest BCUT2D eigenvalue weighted by molar-refractivity contribution is 6.15. The molecule has 0 N–H and O–H groups in total. The molecule has 6 nitrogen and oxygen atoms in total. The summed E-state index contributed by atoms with van der Waals surface area (Å²) in [4.78, 5) is 19.2. The first-order valence-corrected chi connectivity index (χ1v) is 7.92. The van der Waals surface area contributed by atoms with Gasteiger partial charge in [-0.1, -0.05) is 18.2 Å². The van der Waals surface area contributed by atoms with E-state index in [4.69, 9.17) is 4.99 Å². The smallest absolute Gasteiger partial charge is 0.266 e. The zero-order chi connectivity index (χ0) is 18.3. The Hall–Kier alpha value is -3.44. The molecule has 0 atom stereocenters.